The van der Waals surface area contributed by atoms with E-state index in [1.54, 1.807) is 24.3 Å². The smallest absolute Gasteiger partial charge is 0.253 e. The standard InChI is InChI=1S/C19H20ClNO2/c20-17-10-4-8-15(12-17)19(23)21-11-5-9-16(13-21)18(22)14-6-2-1-3-7-14/h1-4,6-8,10,12,16,18,22H,5,9,11,13H2/t16?,18-/m0/s1. The molecule has 1 unspecified atom stereocenters. The highest BCUT2D eigenvalue weighted by atomic mass is 35.5. The average Bonchev–Trinajstić information content (AvgIpc) is 2.61. The van der Waals surface area contributed by atoms with E-state index in [4.69, 9.17) is 11.6 Å². The lowest BCUT2D eigenvalue weighted by atomic mass is 9.88. The lowest BCUT2D eigenvalue weighted by molar-refractivity contribution is 0.0401. The van der Waals surface area contributed by atoms with Crippen LogP contribution in [0.25, 0.3) is 0 Å². The van der Waals surface area contributed by atoms with Crippen molar-refractivity contribution >= 4 is 17.5 Å². The van der Waals surface area contributed by atoms with Crippen molar-refractivity contribution < 1.29 is 9.90 Å². The maximum absolute atomic E-state index is 12.6. The summed E-state index contributed by atoms with van der Waals surface area (Å²) >= 11 is 5.98. The maximum atomic E-state index is 12.6. The molecule has 1 aliphatic heterocycles. The van der Waals surface area contributed by atoms with Gasteiger partial charge in [-0.3, -0.25) is 4.79 Å². The van der Waals surface area contributed by atoms with Crippen molar-refractivity contribution in [3.05, 3.63) is 70.7 Å². The number of hydrogen-bond acceptors (Lipinski definition) is 2. The van der Waals surface area contributed by atoms with Crippen molar-refractivity contribution in [2.45, 2.75) is 18.9 Å². The number of aliphatic hydroxyl groups excluding tert-OH is 1. The number of likely N-dealkylation sites (tertiary alicyclic amines) is 1. The first-order valence-electron chi connectivity index (χ1n) is 7.93. The lowest BCUT2D eigenvalue weighted by Gasteiger charge is -2.35. The quantitative estimate of drug-likeness (QED) is 0.927. The lowest BCUT2D eigenvalue weighted by Crippen LogP contribution is -2.41. The van der Waals surface area contributed by atoms with Crippen LogP contribution in [0.2, 0.25) is 5.02 Å². The highest BCUT2D eigenvalue weighted by molar-refractivity contribution is 6.30. The second kappa shape index (κ2) is 7.16. The summed E-state index contributed by atoms with van der Waals surface area (Å²) in [6.07, 6.45) is 1.29. The molecule has 0 saturated carbocycles. The summed E-state index contributed by atoms with van der Waals surface area (Å²) in [5.41, 5.74) is 1.52. The second-order valence-electron chi connectivity index (χ2n) is 6.02. The van der Waals surface area contributed by atoms with Gasteiger partial charge in [-0.2, -0.15) is 0 Å². The molecule has 0 aliphatic carbocycles. The number of carbonyl (C=O) groups is 1. The van der Waals surface area contributed by atoms with Crippen LogP contribution < -0.4 is 0 Å². The third-order valence-electron chi connectivity index (χ3n) is 4.40. The van der Waals surface area contributed by atoms with E-state index in [-0.39, 0.29) is 11.8 Å². The van der Waals surface area contributed by atoms with Crippen LogP contribution in [-0.2, 0) is 0 Å². The van der Waals surface area contributed by atoms with Gasteiger partial charge in [0, 0.05) is 29.6 Å². The number of piperidine rings is 1. The van der Waals surface area contributed by atoms with Crippen molar-refractivity contribution in [3.63, 3.8) is 0 Å². The van der Waals surface area contributed by atoms with Gasteiger partial charge in [0.25, 0.3) is 5.91 Å². The summed E-state index contributed by atoms with van der Waals surface area (Å²) in [6, 6.07) is 16.7. The van der Waals surface area contributed by atoms with E-state index in [1.807, 2.05) is 35.2 Å². The maximum Gasteiger partial charge on any atom is 0.253 e. The van der Waals surface area contributed by atoms with Crippen LogP contribution in [0.4, 0.5) is 0 Å². The summed E-state index contributed by atoms with van der Waals surface area (Å²) in [7, 11) is 0. The van der Waals surface area contributed by atoms with Crippen LogP contribution >= 0.6 is 11.6 Å². The van der Waals surface area contributed by atoms with E-state index < -0.39 is 6.10 Å². The van der Waals surface area contributed by atoms with Gasteiger partial charge in [-0.1, -0.05) is 48.0 Å². The van der Waals surface area contributed by atoms with Crippen molar-refractivity contribution in [2.75, 3.05) is 13.1 Å². The summed E-state index contributed by atoms with van der Waals surface area (Å²) in [4.78, 5) is 14.5. The van der Waals surface area contributed by atoms with Gasteiger partial charge in [0.05, 0.1) is 6.10 Å². The van der Waals surface area contributed by atoms with Crippen molar-refractivity contribution in [2.24, 2.45) is 5.92 Å². The van der Waals surface area contributed by atoms with E-state index in [0.29, 0.717) is 17.1 Å². The molecule has 3 nitrogen and oxygen atoms in total. The van der Waals surface area contributed by atoms with Crippen LogP contribution in [0.3, 0.4) is 0 Å². The van der Waals surface area contributed by atoms with Gasteiger partial charge in [-0.05, 0) is 36.6 Å². The number of amides is 1. The fourth-order valence-electron chi connectivity index (χ4n) is 3.18. The average molecular weight is 330 g/mol. The van der Waals surface area contributed by atoms with E-state index in [0.717, 1.165) is 24.9 Å². The highest BCUT2D eigenvalue weighted by Gasteiger charge is 2.29. The van der Waals surface area contributed by atoms with Crippen LogP contribution in [-0.4, -0.2) is 29.0 Å². The normalized spacial score (nSPS) is 19.4. The highest BCUT2D eigenvalue weighted by Crippen LogP contribution is 2.30. The van der Waals surface area contributed by atoms with Crippen LogP contribution in [0, 0.1) is 5.92 Å². The van der Waals surface area contributed by atoms with E-state index in [1.165, 1.54) is 0 Å². The fraction of sp³-hybridized carbons (Fsp3) is 0.316. The molecule has 0 radical (unpaired) electrons. The van der Waals surface area contributed by atoms with Gasteiger partial charge < -0.3 is 10.0 Å². The molecule has 23 heavy (non-hydrogen) atoms. The molecule has 0 bridgehead atoms. The van der Waals surface area contributed by atoms with Gasteiger partial charge in [0.1, 0.15) is 0 Å². The number of rotatable bonds is 3. The summed E-state index contributed by atoms with van der Waals surface area (Å²) in [6.45, 7) is 1.30. The molecule has 1 amide bonds. The van der Waals surface area contributed by atoms with Gasteiger partial charge in [0.15, 0.2) is 0 Å². The Bertz CT molecular complexity index is 674. The van der Waals surface area contributed by atoms with Gasteiger partial charge in [0.2, 0.25) is 0 Å². The minimum atomic E-state index is -0.536. The Labute approximate surface area is 141 Å². The molecule has 0 spiro atoms. The van der Waals surface area contributed by atoms with Gasteiger partial charge in [-0.25, -0.2) is 0 Å². The number of carbonyl (C=O) groups excluding carboxylic acids is 1. The summed E-state index contributed by atoms with van der Waals surface area (Å²) in [5, 5.41) is 11.2. The molecule has 120 valence electrons. The number of benzene rings is 2. The first-order chi connectivity index (χ1) is 11.1. The Balaban J connectivity index is 1.72. The zero-order valence-corrected chi connectivity index (χ0v) is 13.6. The summed E-state index contributed by atoms with van der Waals surface area (Å²) < 4.78 is 0. The fourth-order valence-corrected chi connectivity index (χ4v) is 3.37. The molecule has 4 heteroatoms. The van der Waals surface area contributed by atoms with Gasteiger partial charge >= 0.3 is 0 Å². The Morgan fingerprint density at radius 2 is 1.96 bits per heavy atom. The zero-order chi connectivity index (χ0) is 16.2. The predicted octanol–water partition coefficient (Wildman–Crippen LogP) is 3.93. The largest absolute Gasteiger partial charge is 0.388 e. The monoisotopic (exact) mass is 329 g/mol. The predicted molar refractivity (Wildman–Crippen MR) is 91.5 cm³/mol. The van der Waals surface area contributed by atoms with Crippen molar-refractivity contribution in [1.82, 2.24) is 4.90 Å². The SMILES string of the molecule is O=C(c1cccc(Cl)c1)N1CCCC([C@@H](O)c2ccccc2)C1. The molecule has 2 atom stereocenters. The van der Waals surface area contributed by atoms with Crippen LogP contribution in [0.15, 0.2) is 54.6 Å². The minimum Gasteiger partial charge on any atom is -0.388 e. The van der Waals surface area contributed by atoms with E-state index in [9.17, 15) is 9.90 Å². The molecule has 3 rings (SSSR count). The zero-order valence-electron chi connectivity index (χ0n) is 12.9. The molecule has 1 aliphatic rings. The molecule has 1 N–H and O–H groups in total. The Morgan fingerprint density at radius 1 is 1.17 bits per heavy atom. The summed E-state index contributed by atoms with van der Waals surface area (Å²) in [5.74, 6) is 0.0479. The van der Waals surface area contributed by atoms with Crippen molar-refractivity contribution in [1.29, 1.82) is 0 Å². The number of hydrogen-bond donors (Lipinski definition) is 1. The minimum absolute atomic E-state index is 0.0162. The molecule has 1 heterocycles. The van der Waals surface area contributed by atoms with Crippen LogP contribution in [0.5, 0.6) is 0 Å². The molecule has 2 aromatic rings. The Morgan fingerprint density at radius 3 is 2.70 bits per heavy atom. The van der Waals surface area contributed by atoms with Crippen molar-refractivity contribution in [3.8, 4) is 0 Å². The Kier molecular flexibility index (Phi) is 4.99. The molecule has 1 fully saturated rings. The number of halogens is 1. The third-order valence-corrected chi connectivity index (χ3v) is 4.64. The Hall–Kier alpha value is -1.84. The topological polar surface area (TPSA) is 40.5 Å². The molecule has 0 aromatic heterocycles. The molecular weight excluding hydrogens is 310 g/mol. The first kappa shape index (κ1) is 16.0. The third kappa shape index (κ3) is 3.74. The van der Waals surface area contributed by atoms with Crippen LogP contribution in [0.1, 0.15) is 34.9 Å². The number of nitrogens with zero attached hydrogens (tertiary/aromatic N) is 1. The molecular formula is C19H20ClNO2. The van der Waals surface area contributed by atoms with E-state index >= 15 is 0 Å². The molecule has 1 saturated heterocycles. The molecule has 2 aromatic carbocycles. The number of aliphatic hydroxyl groups is 1. The first-order valence-corrected chi connectivity index (χ1v) is 8.31. The van der Waals surface area contributed by atoms with E-state index in [2.05, 4.69) is 0 Å². The second-order valence-corrected chi connectivity index (χ2v) is 6.46. The van der Waals surface area contributed by atoms with Gasteiger partial charge in [-0.15, -0.1) is 0 Å².